The van der Waals surface area contributed by atoms with Gasteiger partial charge in [0.2, 0.25) is 0 Å². The zero-order valence-electron chi connectivity index (χ0n) is 10.6. The predicted molar refractivity (Wildman–Crippen MR) is 83.1 cm³/mol. The van der Waals surface area contributed by atoms with Crippen LogP contribution in [0.5, 0.6) is 0 Å². The van der Waals surface area contributed by atoms with Crippen molar-refractivity contribution in [3.8, 4) is 0 Å². The predicted octanol–water partition coefficient (Wildman–Crippen LogP) is 5.26. The molecular formula is C14H13BrCl2N2. The first-order valence-electron chi connectivity index (χ1n) is 5.93. The van der Waals surface area contributed by atoms with Crippen molar-refractivity contribution in [2.24, 2.45) is 0 Å². The van der Waals surface area contributed by atoms with E-state index in [4.69, 9.17) is 23.2 Å². The van der Waals surface area contributed by atoms with Crippen LogP contribution in [0.15, 0.2) is 28.7 Å². The maximum atomic E-state index is 6.14. The van der Waals surface area contributed by atoms with Gasteiger partial charge in [0.1, 0.15) is 11.0 Å². The Kier molecular flexibility index (Phi) is 4.82. The lowest BCUT2D eigenvalue weighted by molar-refractivity contribution is 0.784. The molecule has 2 aromatic rings. The number of benzene rings is 1. The summed E-state index contributed by atoms with van der Waals surface area (Å²) in [5, 5.41) is 1.18. The standard InChI is InChI=1S/C14H13BrCl2N2/c1-8(2)13-12(15)14(17)19-11(18-13)7-9-3-5-10(16)6-4-9/h3-6,8H,7H2,1-2H3. The second-order valence-corrected chi connectivity index (χ2v) is 6.18. The van der Waals surface area contributed by atoms with E-state index in [2.05, 4.69) is 39.7 Å². The number of nitrogens with zero attached hydrogens (tertiary/aromatic N) is 2. The van der Waals surface area contributed by atoms with Crippen LogP contribution in [0.1, 0.15) is 36.8 Å². The van der Waals surface area contributed by atoms with Gasteiger partial charge in [0.05, 0.1) is 10.2 Å². The molecule has 0 amide bonds. The van der Waals surface area contributed by atoms with Gasteiger partial charge in [-0.25, -0.2) is 9.97 Å². The van der Waals surface area contributed by atoms with Crippen molar-refractivity contribution < 1.29 is 0 Å². The first kappa shape index (κ1) is 14.8. The second kappa shape index (κ2) is 6.21. The molecule has 1 aromatic carbocycles. The third kappa shape index (κ3) is 3.68. The van der Waals surface area contributed by atoms with E-state index in [9.17, 15) is 0 Å². The van der Waals surface area contributed by atoms with Gasteiger partial charge >= 0.3 is 0 Å². The molecule has 100 valence electrons. The van der Waals surface area contributed by atoms with Gasteiger partial charge in [-0.05, 0) is 39.5 Å². The van der Waals surface area contributed by atoms with Gasteiger partial charge in [0, 0.05) is 11.4 Å². The molecule has 0 saturated heterocycles. The SMILES string of the molecule is CC(C)c1nc(Cc2ccc(Cl)cc2)nc(Cl)c1Br. The lowest BCUT2D eigenvalue weighted by Crippen LogP contribution is -2.04. The van der Waals surface area contributed by atoms with Gasteiger partial charge < -0.3 is 0 Å². The molecule has 19 heavy (non-hydrogen) atoms. The first-order chi connectivity index (χ1) is 8.97. The summed E-state index contributed by atoms with van der Waals surface area (Å²) in [4.78, 5) is 8.88. The van der Waals surface area contributed by atoms with Crippen molar-refractivity contribution in [2.75, 3.05) is 0 Å². The third-order valence-corrected chi connectivity index (χ3v) is 4.24. The molecule has 0 aliphatic heterocycles. The van der Waals surface area contributed by atoms with Crippen LogP contribution >= 0.6 is 39.1 Å². The summed E-state index contributed by atoms with van der Waals surface area (Å²) in [6.07, 6.45) is 0.643. The molecule has 1 heterocycles. The van der Waals surface area contributed by atoms with Crippen LogP contribution < -0.4 is 0 Å². The molecule has 0 spiro atoms. The lowest BCUT2D eigenvalue weighted by atomic mass is 10.1. The topological polar surface area (TPSA) is 25.8 Å². The molecule has 5 heteroatoms. The number of hydrogen-bond acceptors (Lipinski definition) is 2. The number of halogens is 3. The van der Waals surface area contributed by atoms with Crippen LogP contribution in [-0.4, -0.2) is 9.97 Å². The highest BCUT2D eigenvalue weighted by Crippen LogP contribution is 2.29. The maximum absolute atomic E-state index is 6.14. The summed E-state index contributed by atoms with van der Waals surface area (Å²) < 4.78 is 0.782. The van der Waals surface area contributed by atoms with Crippen LogP contribution in [0.25, 0.3) is 0 Å². The molecular weight excluding hydrogens is 347 g/mol. The summed E-state index contributed by atoms with van der Waals surface area (Å²) in [5.74, 6) is 1.01. The van der Waals surface area contributed by atoms with Crippen molar-refractivity contribution in [3.63, 3.8) is 0 Å². The first-order valence-corrected chi connectivity index (χ1v) is 7.48. The average Bonchev–Trinajstić information content (AvgIpc) is 2.36. The molecule has 0 aliphatic carbocycles. The summed E-state index contributed by atoms with van der Waals surface area (Å²) in [5.41, 5.74) is 2.04. The average molecular weight is 360 g/mol. The fourth-order valence-electron chi connectivity index (χ4n) is 1.73. The van der Waals surface area contributed by atoms with Gasteiger partial charge in [-0.1, -0.05) is 49.2 Å². The van der Waals surface area contributed by atoms with E-state index in [1.807, 2.05) is 24.3 Å². The van der Waals surface area contributed by atoms with Crippen LogP contribution in [0.4, 0.5) is 0 Å². The van der Waals surface area contributed by atoms with Gasteiger partial charge in [0.25, 0.3) is 0 Å². The lowest BCUT2D eigenvalue weighted by Gasteiger charge is -2.10. The van der Waals surface area contributed by atoms with Crippen molar-refractivity contribution in [3.05, 3.63) is 56.0 Å². The summed E-state index contributed by atoms with van der Waals surface area (Å²) in [6, 6.07) is 7.66. The Balaban J connectivity index is 2.33. The molecule has 0 unspecified atom stereocenters. The Morgan fingerprint density at radius 3 is 2.32 bits per heavy atom. The highest BCUT2D eigenvalue weighted by molar-refractivity contribution is 9.10. The van der Waals surface area contributed by atoms with E-state index < -0.39 is 0 Å². The van der Waals surface area contributed by atoms with Crippen LogP contribution in [0.2, 0.25) is 10.2 Å². The van der Waals surface area contributed by atoms with Gasteiger partial charge in [-0.15, -0.1) is 0 Å². The van der Waals surface area contributed by atoms with Gasteiger partial charge in [0.15, 0.2) is 0 Å². The summed E-state index contributed by atoms with van der Waals surface area (Å²) in [7, 11) is 0. The molecule has 0 N–H and O–H groups in total. The molecule has 2 rings (SSSR count). The normalized spacial score (nSPS) is 11.1. The van der Waals surface area contributed by atoms with Crippen molar-refractivity contribution in [1.82, 2.24) is 9.97 Å². The van der Waals surface area contributed by atoms with Crippen LogP contribution in [-0.2, 0) is 6.42 Å². The molecule has 0 aliphatic rings. The Morgan fingerprint density at radius 1 is 1.11 bits per heavy atom. The third-order valence-electron chi connectivity index (χ3n) is 2.71. The zero-order valence-corrected chi connectivity index (χ0v) is 13.7. The van der Waals surface area contributed by atoms with E-state index in [1.165, 1.54) is 0 Å². The molecule has 0 saturated carbocycles. The summed E-state index contributed by atoms with van der Waals surface area (Å²) in [6.45, 7) is 4.16. The maximum Gasteiger partial charge on any atom is 0.147 e. The van der Waals surface area contributed by atoms with E-state index in [0.717, 1.165) is 26.6 Å². The fraction of sp³-hybridized carbons (Fsp3) is 0.286. The molecule has 2 nitrogen and oxygen atoms in total. The van der Waals surface area contributed by atoms with Crippen molar-refractivity contribution in [2.45, 2.75) is 26.2 Å². The van der Waals surface area contributed by atoms with Crippen molar-refractivity contribution >= 4 is 39.1 Å². The molecule has 0 atom stereocenters. The molecule has 1 aromatic heterocycles. The van der Waals surface area contributed by atoms with Gasteiger partial charge in [-0.3, -0.25) is 0 Å². The Labute approximate surface area is 131 Å². The molecule has 0 bridgehead atoms. The number of aromatic nitrogens is 2. The smallest absolute Gasteiger partial charge is 0.147 e. The Hall–Kier alpha value is -0.640. The highest BCUT2D eigenvalue weighted by atomic mass is 79.9. The van der Waals surface area contributed by atoms with Gasteiger partial charge in [-0.2, -0.15) is 0 Å². The summed E-state index contributed by atoms with van der Waals surface area (Å²) >= 11 is 15.4. The van der Waals surface area contributed by atoms with E-state index >= 15 is 0 Å². The minimum Gasteiger partial charge on any atom is -0.236 e. The minimum absolute atomic E-state index is 0.291. The fourth-order valence-corrected chi connectivity index (χ4v) is 2.68. The van der Waals surface area contributed by atoms with E-state index in [-0.39, 0.29) is 0 Å². The molecule has 0 fully saturated rings. The van der Waals surface area contributed by atoms with Crippen molar-refractivity contribution in [1.29, 1.82) is 0 Å². The largest absolute Gasteiger partial charge is 0.236 e. The van der Waals surface area contributed by atoms with Crippen LogP contribution in [0, 0.1) is 0 Å². The number of hydrogen-bond donors (Lipinski definition) is 0. The Bertz CT molecular complexity index is 583. The number of rotatable bonds is 3. The quantitative estimate of drug-likeness (QED) is 0.698. The van der Waals surface area contributed by atoms with Crippen LogP contribution in [0.3, 0.4) is 0 Å². The highest BCUT2D eigenvalue weighted by Gasteiger charge is 2.13. The second-order valence-electron chi connectivity index (χ2n) is 4.59. The monoisotopic (exact) mass is 358 g/mol. The zero-order chi connectivity index (χ0) is 14.0. The van der Waals surface area contributed by atoms with E-state index in [1.54, 1.807) is 0 Å². The Morgan fingerprint density at radius 2 is 1.74 bits per heavy atom. The molecule has 0 radical (unpaired) electrons. The van der Waals surface area contributed by atoms with E-state index in [0.29, 0.717) is 17.5 Å². The minimum atomic E-state index is 0.291.